The number of nitrogens with zero attached hydrogens (tertiary/aromatic N) is 3. The number of rotatable bonds is 1. The minimum Gasteiger partial charge on any atom is -0.296 e. The monoisotopic (exact) mass is 190 g/mol. The van der Waals surface area contributed by atoms with E-state index >= 15 is 0 Å². The van der Waals surface area contributed by atoms with E-state index in [0.29, 0.717) is 13.1 Å². The molecule has 2 unspecified atom stereocenters. The summed E-state index contributed by atoms with van der Waals surface area (Å²) in [5, 5.41) is 10.1. The summed E-state index contributed by atoms with van der Waals surface area (Å²) in [6.45, 7) is 1.20. The van der Waals surface area contributed by atoms with Gasteiger partial charge < -0.3 is 0 Å². The molecule has 1 N–H and O–H groups in total. The summed E-state index contributed by atoms with van der Waals surface area (Å²) in [5.74, 6) is 0. The van der Waals surface area contributed by atoms with E-state index in [4.69, 9.17) is 5.26 Å². The molecule has 1 saturated heterocycles. The SMILES string of the molecule is N#CC1CN1NC(=O)N1C=CC=CC1. The number of allylic oxidation sites excluding steroid dienone is 2. The Labute approximate surface area is 81.9 Å². The molecule has 72 valence electrons. The van der Waals surface area contributed by atoms with E-state index < -0.39 is 0 Å². The lowest BCUT2D eigenvalue weighted by Crippen LogP contribution is -2.40. The number of hydrazine groups is 1. The number of hydrogen-bond donors (Lipinski definition) is 1. The molecule has 0 aliphatic carbocycles. The Morgan fingerprint density at radius 1 is 1.57 bits per heavy atom. The smallest absolute Gasteiger partial charge is 0.296 e. The molecule has 2 aliphatic heterocycles. The summed E-state index contributed by atoms with van der Waals surface area (Å²) >= 11 is 0. The molecule has 5 heteroatoms. The van der Waals surface area contributed by atoms with E-state index in [1.165, 1.54) is 0 Å². The Morgan fingerprint density at radius 3 is 3.00 bits per heavy atom. The molecule has 1 fully saturated rings. The second-order valence-corrected chi connectivity index (χ2v) is 3.14. The van der Waals surface area contributed by atoms with Crippen LogP contribution in [0.25, 0.3) is 0 Å². The number of urea groups is 1. The fourth-order valence-corrected chi connectivity index (χ4v) is 1.18. The zero-order valence-electron chi connectivity index (χ0n) is 7.55. The van der Waals surface area contributed by atoms with Crippen LogP contribution in [-0.2, 0) is 0 Å². The van der Waals surface area contributed by atoms with Gasteiger partial charge in [-0.15, -0.1) is 0 Å². The van der Waals surface area contributed by atoms with Crippen molar-refractivity contribution in [3.05, 3.63) is 24.4 Å². The van der Waals surface area contributed by atoms with Gasteiger partial charge in [-0.3, -0.25) is 10.3 Å². The highest BCUT2D eigenvalue weighted by Gasteiger charge is 2.36. The van der Waals surface area contributed by atoms with Gasteiger partial charge in [-0.2, -0.15) is 10.3 Å². The van der Waals surface area contributed by atoms with Crippen molar-refractivity contribution in [2.45, 2.75) is 6.04 Å². The summed E-state index contributed by atoms with van der Waals surface area (Å²) in [6, 6.07) is 1.72. The Kier molecular flexibility index (Phi) is 2.21. The molecule has 0 spiro atoms. The normalized spacial score (nSPS) is 28.4. The summed E-state index contributed by atoms with van der Waals surface area (Å²) in [4.78, 5) is 13.0. The predicted octanol–water partition coefficient (Wildman–Crippen LogP) is 0.204. The van der Waals surface area contributed by atoms with Gasteiger partial charge in [0.15, 0.2) is 0 Å². The first kappa shape index (κ1) is 8.78. The highest BCUT2D eigenvalue weighted by molar-refractivity contribution is 5.75. The van der Waals surface area contributed by atoms with Crippen LogP contribution in [0.4, 0.5) is 4.79 Å². The number of hydrogen-bond acceptors (Lipinski definition) is 3. The molecule has 14 heavy (non-hydrogen) atoms. The molecule has 0 saturated carbocycles. The summed E-state index contributed by atoms with van der Waals surface area (Å²) in [5.41, 5.74) is 2.64. The molecule has 2 heterocycles. The lowest BCUT2D eigenvalue weighted by Gasteiger charge is -2.18. The van der Waals surface area contributed by atoms with Crippen LogP contribution in [0, 0.1) is 11.3 Å². The number of carbonyl (C=O) groups excluding carboxylic acids is 1. The minimum atomic E-state index is -0.191. The van der Waals surface area contributed by atoms with E-state index in [1.54, 1.807) is 22.2 Å². The zero-order chi connectivity index (χ0) is 9.97. The number of nitrogens with one attached hydrogen (secondary N) is 1. The second-order valence-electron chi connectivity index (χ2n) is 3.14. The Balaban J connectivity index is 1.82. The fourth-order valence-electron chi connectivity index (χ4n) is 1.18. The van der Waals surface area contributed by atoms with Crippen LogP contribution in [0.2, 0.25) is 0 Å². The van der Waals surface area contributed by atoms with Crippen LogP contribution in [-0.4, -0.2) is 35.1 Å². The first-order valence-corrected chi connectivity index (χ1v) is 4.38. The predicted molar refractivity (Wildman–Crippen MR) is 49.6 cm³/mol. The molecule has 2 amide bonds. The van der Waals surface area contributed by atoms with E-state index in [1.807, 2.05) is 12.2 Å². The van der Waals surface area contributed by atoms with Crippen molar-refractivity contribution in [3.8, 4) is 6.07 Å². The Morgan fingerprint density at radius 2 is 2.43 bits per heavy atom. The van der Waals surface area contributed by atoms with Gasteiger partial charge in [0, 0.05) is 12.7 Å². The van der Waals surface area contributed by atoms with Crippen LogP contribution in [0.3, 0.4) is 0 Å². The van der Waals surface area contributed by atoms with E-state index in [9.17, 15) is 4.79 Å². The van der Waals surface area contributed by atoms with E-state index in [0.717, 1.165) is 0 Å². The number of amides is 2. The van der Waals surface area contributed by atoms with Gasteiger partial charge in [0.2, 0.25) is 0 Å². The lowest BCUT2D eigenvalue weighted by molar-refractivity contribution is 0.202. The minimum absolute atomic E-state index is 0.150. The third kappa shape index (κ3) is 1.75. The zero-order valence-corrected chi connectivity index (χ0v) is 7.55. The molecule has 5 nitrogen and oxygen atoms in total. The molecule has 0 aromatic rings. The van der Waals surface area contributed by atoms with Gasteiger partial charge in [-0.25, -0.2) is 4.79 Å². The van der Waals surface area contributed by atoms with Crippen LogP contribution < -0.4 is 5.43 Å². The molecule has 2 aliphatic rings. The summed E-state index contributed by atoms with van der Waals surface area (Å²) in [6.07, 6.45) is 7.29. The number of carbonyl (C=O) groups is 1. The average Bonchev–Trinajstić information content (AvgIpc) is 2.98. The van der Waals surface area contributed by atoms with Crippen molar-refractivity contribution in [2.75, 3.05) is 13.1 Å². The first-order valence-electron chi connectivity index (χ1n) is 4.38. The Hall–Kier alpha value is -1.80. The molecule has 0 bridgehead atoms. The van der Waals surface area contributed by atoms with Crippen molar-refractivity contribution >= 4 is 6.03 Å². The van der Waals surface area contributed by atoms with Gasteiger partial charge in [0.05, 0.1) is 12.6 Å². The highest BCUT2D eigenvalue weighted by Crippen LogP contribution is 2.12. The van der Waals surface area contributed by atoms with Crippen molar-refractivity contribution in [1.29, 1.82) is 5.26 Å². The molecule has 2 atom stereocenters. The highest BCUT2D eigenvalue weighted by atomic mass is 16.2. The largest absolute Gasteiger partial charge is 0.336 e. The van der Waals surface area contributed by atoms with Crippen LogP contribution in [0.5, 0.6) is 0 Å². The maximum absolute atomic E-state index is 11.5. The average molecular weight is 190 g/mol. The molecule has 0 radical (unpaired) electrons. The van der Waals surface area contributed by atoms with Crippen molar-refractivity contribution in [3.63, 3.8) is 0 Å². The van der Waals surface area contributed by atoms with Crippen LogP contribution in [0.1, 0.15) is 0 Å². The van der Waals surface area contributed by atoms with Crippen LogP contribution in [0.15, 0.2) is 24.4 Å². The Bertz CT molecular complexity index is 341. The maximum atomic E-state index is 11.5. The summed E-state index contributed by atoms with van der Waals surface area (Å²) < 4.78 is 0. The van der Waals surface area contributed by atoms with Gasteiger partial charge >= 0.3 is 6.03 Å². The fraction of sp³-hybridized carbons (Fsp3) is 0.333. The molecule has 2 rings (SSSR count). The summed E-state index contributed by atoms with van der Waals surface area (Å²) in [7, 11) is 0. The van der Waals surface area contributed by atoms with Crippen molar-refractivity contribution < 1.29 is 4.79 Å². The number of nitriles is 1. The van der Waals surface area contributed by atoms with E-state index in [2.05, 4.69) is 11.5 Å². The standard InChI is InChI=1S/C9H10N4O/c10-6-8-7-13(8)11-9(14)12-4-2-1-3-5-12/h1-4,8H,5,7H2,(H,11,14). The maximum Gasteiger partial charge on any atom is 0.336 e. The van der Waals surface area contributed by atoms with Gasteiger partial charge in [-0.1, -0.05) is 12.2 Å². The van der Waals surface area contributed by atoms with Gasteiger partial charge in [0.25, 0.3) is 0 Å². The quantitative estimate of drug-likeness (QED) is 0.601. The van der Waals surface area contributed by atoms with Gasteiger partial charge in [0.1, 0.15) is 6.04 Å². The van der Waals surface area contributed by atoms with Crippen LogP contribution >= 0.6 is 0 Å². The third-order valence-electron chi connectivity index (χ3n) is 2.08. The molecule has 0 aromatic carbocycles. The van der Waals surface area contributed by atoms with Gasteiger partial charge in [-0.05, 0) is 6.08 Å². The molecular weight excluding hydrogens is 180 g/mol. The molecular formula is C9H10N4O. The van der Waals surface area contributed by atoms with Crippen molar-refractivity contribution in [1.82, 2.24) is 15.3 Å². The topological polar surface area (TPSA) is 59.1 Å². The van der Waals surface area contributed by atoms with E-state index in [-0.39, 0.29) is 12.1 Å². The van der Waals surface area contributed by atoms with Crippen molar-refractivity contribution in [2.24, 2.45) is 0 Å². The molecule has 0 aromatic heterocycles. The second kappa shape index (κ2) is 3.52. The third-order valence-corrected chi connectivity index (χ3v) is 2.08. The first-order chi connectivity index (χ1) is 6.81. The lowest BCUT2D eigenvalue weighted by atomic mass is 10.4.